The fourth-order valence-corrected chi connectivity index (χ4v) is 10.6. The number of phenols is 1. The summed E-state index contributed by atoms with van der Waals surface area (Å²) in [6, 6.07) is 33.1. The third-order valence-corrected chi connectivity index (χ3v) is 12.7. The Morgan fingerprint density at radius 3 is 2.16 bits per heavy atom. The second-order valence-corrected chi connectivity index (χ2v) is 15.1. The summed E-state index contributed by atoms with van der Waals surface area (Å²) in [6.45, 7) is 2.41. The minimum atomic E-state index is -0.511. The molecule has 4 aromatic rings. The molecule has 2 amide bonds. The van der Waals surface area contributed by atoms with Gasteiger partial charge in [-0.05, 0) is 48.7 Å². The van der Waals surface area contributed by atoms with Crippen molar-refractivity contribution in [3.05, 3.63) is 137 Å². The molecule has 0 saturated carbocycles. The van der Waals surface area contributed by atoms with Crippen LogP contribution in [0.3, 0.4) is 0 Å². The van der Waals surface area contributed by atoms with E-state index in [-0.39, 0.29) is 41.7 Å². The molecule has 8 rings (SSSR count). The van der Waals surface area contributed by atoms with Crippen molar-refractivity contribution < 1.29 is 19.4 Å². The summed E-state index contributed by atoms with van der Waals surface area (Å²) < 4.78 is 6.09. The number of piperidine rings is 1. The number of anilines is 1. The molecule has 0 radical (unpaired) electrons. The lowest BCUT2D eigenvalue weighted by atomic mass is 9.53. The molecule has 49 heavy (non-hydrogen) atoms. The number of thioether (sulfide) groups is 1. The van der Waals surface area contributed by atoms with E-state index in [2.05, 4.69) is 108 Å². The average molecular weight is 672 g/mol. The summed E-state index contributed by atoms with van der Waals surface area (Å²) in [5, 5.41) is 17.7. The predicted octanol–water partition coefficient (Wildman–Crippen LogP) is 6.40. The first-order chi connectivity index (χ1) is 23.8. The summed E-state index contributed by atoms with van der Waals surface area (Å²) in [5.74, 6) is 1.07. The number of aromatic hydroxyl groups is 1. The lowest BCUT2D eigenvalue weighted by Gasteiger charge is -2.57. The van der Waals surface area contributed by atoms with Crippen molar-refractivity contribution >= 4 is 29.3 Å². The largest absolute Gasteiger partial charge is 0.504 e. The van der Waals surface area contributed by atoms with Crippen LogP contribution in [0.15, 0.2) is 109 Å². The van der Waals surface area contributed by atoms with E-state index in [9.17, 15) is 14.7 Å². The molecule has 8 heteroatoms. The average Bonchev–Trinajstić information content (AvgIpc) is 3.47. The first-order valence-electron chi connectivity index (χ1n) is 17.1. The van der Waals surface area contributed by atoms with Crippen molar-refractivity contribution in [3.63, 3.8) is 0 Å². The van der Waals surface area contributed by atoms with Gasteiger partial charge in [0.25, 0.3) is 0 Å². The Morgan fingerprint density at radius 2 is 1.57 bits per heavy atom. The Kier molecular flexibility index (Phi) is 8.04. The van der Waals surface area contributed by atoms with Gasteiger partial charge in [-0.3, -0.25) is 9.59 Å². The van der Waals surface area contributed by atoms with E-state index in [1.807, 2.05) is 18.2 Å². The van der Waals surface area contributed by atoms with E-state index in [4.69, 9.17) is 4.74 Å². The van der Waals surface area contributed by atoms with Crippen molar-refractivity contribution in [3.8, 4) is 11.5 Å². The van der Waals surface area contributed by atoms with Crippen molar-refractivity contribution in [1.29, 1.82) is 0 Å². The highest BCUT2D eigenvalue weighted by Crippen LogP contribution is 2.63. The normalized spacial score (nSPS) is 24.9. The van der Waals surface area contributed by atoms with Gasteiger partial charge in [-0.15, -0.1) is 11.8 Å². The summed E-state index contributed by atoms with van der Waals surface area (Å²) in [4.78, 5) is 28.4. The van der Waals surface area contributed by atoms with Crippen LogP contribution >= 0.6 is 11.8 Å². The quantitative estimate of drug-likeness (QED) is 0.141. The minimum Gasteiger partial charge on any atom is -0.504 e. The Labute approximate surface area is 291 Å². The molecular weight excluding hydrogens is 631 g/mol. The minimum absolute atomic E-state index is 0.0288. The second kappa shape index (κ2) is 12.4. The lowest BCUT2D eigenvalue weighted by Crippen LogP contribution is -2.66. The molecule has 2 aliphatic carbocycles. The molecule has 1 spiro atoms. The van der Waals surface area contributed by atoms with Gasteiger partial charge in [0.1, 0.15) is 6.10 Å². The van der Waals surface area contributed by atoms with E-state index >= 15 is 0 Å². The number of carbonyl (C=O) groups is 2. The molecule has 3 N–H and O–H groups in total. The van der Waals surface area contributed by atoms with Crippen LogP contribution in [0.5, 0.6) is 11.5 Å². The number of ether oxygens (including phenoxy) is 1. The van der Waals surface area contributed by atoms with Crippen LogP contribution in [0.4, 0.5) is 5.69 Å². The number of phenolic OH excluding ortho intramolecular Hbond substituents is 1. The Balaban J connectivity index is 1.10. The fraction of sp³-hybridized carbons (Fsp3) is 0.317. The fourth-order valence-electron chi connectivity index (χ4n) is 9.10. The van der Waals surface area contributed by atoms with Crippen LogP contribution in [-0.2, 0) is 26.2 Å². The van der Waals surface area contributed by atoms with Crippen LogP contribution in [0.2, 0.25) is 0 Å². The van der Waals surface area contributed by atoms with E-state index in [0.29, 0.717) is 23.6 Å². The molecular formula is C41H41N3O4S. The summed E-state index contributed by atoms with van der Waals surface area (Å²) >= 11 is 1.76. The van der Waals surface area contributed by atoms with Crippen LogP contribution in [-0.4, -0.2) is 59.4 Å². The molecule has 1 saturated heterocycles. The van der Waals surface area contributed by atoms with E-state index in [1.165, 1.54) is 6.92 Å². The molecule has 1 fully saturated rings. The van der Waals surface area contributed by atoms with Gasteiger partial charge >= 0.3 is 0 Å². The van der Waals surface area contributed by atoms with Crippen molar-refractivity contribution in [1.82, 2.24) is 10.2 Å². The number of nitrogens with one attached hydrogen (secondary N) is 2. The highest BCUT2D eigenvalue weighted by atomic mass is 32.2. The van der Waals surface area contributed by atoms with Gasteiger partial charge < -0.3 is 25.4 Å². The van der Waals surface area contributed by atoms with Crippen LogP contribution in [0.25, 0.3) is 0 Å². The highest BCUT2D eigenvalue weighted by Gasteiger charge is 2.65. The summed E-state index contributed by atoms with van der Waals surface area (Å²) in [5.41, 5.74) is 5.77. The number of likely N-dealkylation sites (tertiary alicyclic amines) is 1. The number of carbonyl (C=O) groups excluding carboxylic acids is 2. The van der Waals surface area contributed by atoms with Crippen molar-refractivity contribution in [2.75, 3.05) is 24.7 Å². The molecule has 2 aliphatic heterocycles. The SMILES string of the molecule is CC(=O)N[C@H]1C=C[C@H]2[C@H]3Cc4c(NC(=O)CCSC(c5ccccc5)(c5ccccc5)c5ccccc5)cc(O)c5c4[C@@]2(CCN3C)[C@H]1O5. The van der Waals surface area contributed by atoms with Gasteiger partial charge in [-0.25, -0.2) is 0 Å². The van der Waals surface area contributed by atoms with Gasteiger partial charge in [0, 0.05) is 53.8 Å². The smallest absolute Gasteiger partial charge is 0.225 e. The van der Waals surface area contributed by atoms with Gasteiger partial charge in [0.05, 0.1) is 10.8 Å². The number of amides is 2. The highest BCUT2D eigenvalue weighted by molar-refractivity contribution is 8.00. The number of benzene rings is 4. The first kappa shape index (κ1) is 31.7. The van der Waals surface area contributed by atoms with Crippen molar-refractivity contribution in [2.45, 2.75) is 54.5 Å². The predicted molar refractivity (Wildman–Crippen MR) is 194 cm³/mol. The Morgan fingerprint density at radius 1 is 0.959 bits per heavy atom. The maximum Gasteiger partial charge on any atom is 0.225 e. The zero-order valence-corrected chi connectivity index (χ0v) is 28.6. The maximum atomic E-state index is 13.9. The number of hydrogen-bond acceptors (Lipinski definition) is 6. The Hall–Kier alpha value is -4.53. The topological polar surface area (TPSA) is 90.9 Å². The molecule has 4 aromatic carbocycles. The van der Waals surface area contributed by atoms with Gasteiger partial charge in [0.15, 0.2) is 11.5 Å². The number of likely N-dealkylation sites (N-methyl/N-ethyl adjacent to an activating group) is 1. The van der Waals surface area contributed by atoms with Gasteiger partial charge in [0.2, 0.25) is 11.8 Å². The number of rotatable bonds is 9. The zero-order chi connectivity index (χ0) is 33.8. The van der Waals surface area contributed by atoms with E-state index < -0.39 is 10.2 Å². The van der Waals surface area contributed by atoms with Crippen LogP contribution in [0, 0.1) is 5.92 Å². The van der Waals surface area contributed by atoms with Gasteiger partial charge in [-0.2, -0.15) is 0 Å². The monoisotopic (exact) mass is 671 g/mol. The lowest BCUT2D eigenvalue weighted by molar-refractivity contribution is -0.120. The molecule has 4 aliphatic rings. The van der Waals surface area contributed by atoms with Crippen molar-refractivity contribution in [2.24, 2.45) is 5.92 Å². The molecule has 7 nitrogen and oxygen atoms in total. The maximum absolute atomic E-state index is 13.9. The molecule has 0 aromatic heterocycles. The molecule has 5 atom stereocenters. The third-order valence-electron chi connectivity index (χ3n) is 11.1. The van der Waals surface area contributed by atoms with E-state index in [1.54, 1.807) is 17.8 Å². The first-order valence-corrected chi connectivity index (χ1v) is 18.1. The van der Waals surface area contributed by atoms with E-state index in [0.717, 1.165) is 47.2 Å². The standard InChI is InChI=1S/C41H41N3O4S/c1-26(45)42-32-19-18-31-34-24-30-33(25-35(46)38-37(30)40(31,39(32)48-38)21-22-44(34)2)43-36(47)20-23-49-41(27-12-6-3-7-13-27,28-14-8-4-9-15-28)29-16-10-5-11-17-29/h3-19,25,31-32,34,39,46H,20-24H2,1-2H3,(H,42,45)(H,43,47)/t31-,32-,34+,39-,40-/m0/s1. The van der Waals surface area contributed by atoms with Crippen LogP contribution in [0.1, 0.15) is 47.6 Å². The Bertz CT molecular complexity index is 1820. The zero-order valence-electron chi connectivity index (χ0n) is 27.8. The summed E-state index contributed by atoms with van der Waals surface area (Å²) in [6.07, 6.45) is 5.85. The second-order valence-electron chi connectivity index (χ2n) is 13.8. The molecule has 0 unspecified atom stereocenters. The van der Waals surface area contributed by atoms with Crippen LogP contribution < -0.4 is 15.4 Å². The number of hydrogen-bond donors (Lipinski definition) is 3. The molecule has 2 heterocycles. The third kappa shape index (κ3) is 5.07. The summed E-state index contributed by atoms with van der Waals surface area (Å²) in [7, 11) is 2.16. The molecule has 2 bridgehead atoms. The molecule has 250 valence electrons. The number of nitrogens with zero attached hydrogens (tertiary/aromatic N) is 1. The van der Waals surface area contributed by atoms with Gasteiger partial charge in [-0.1, -0.05) is 103 Å².